The molecule has 2 aromatic rings. The van der Waals surface area contributed by atoms with Gasteiger partial charge in [0.25, 0.3) is 0 Å². The van der Waals surface area contributed by atoms with Gasteiger partial charge in [0.2, 0.25) is 0 Å². The van der Waals surface area contributed by atoms with E-state index in [-0.39, 0.29) is 17.9 Å². The molecule has 1 saturated heterocycles. The Kier molecular flexibility index (Phi) is 5.40. The third kappa shape index (κ3) is 3.36. The van der Waals surface area contributed by atoms with Crippen molar-refractivity contribution in [2.45, 2.75) is 26.7 Å². The van der Waals surface area contributed by atoms with Crippen molar-refractivity contribution in [2.75, 3.05) is 31.7 Å². The Hall–Kier alpha value is -2.63. The van der Waals surface area contributed by atoms with E-state index in [9.17, 15) is 9.59 Å². The van der Waals surface area contributed by atoms with Crippen LogP contribution in [0.15, 0.2) is 24.3 Å². The van der Waals surface area contributed by atoms with Crippen LogP contribution < -0.4 is 4.90 Å². The van der Waals surface area contributed by atoms with Gasteiger partial charge in [0.1, 0.15) is 11.4 Å². The molecule has 0 spiro atoms. The maximum Gasteiger partial charge on any atom is 0.342 e. The smallest absolute Gasteiger partial charge is 0.342 e. The fraction of sp³-hybridized carbons (Fsp3) is 0.450. The highest BCUT2D eigenvalue weighted by Gasteiger charge is 2.30. The molecule has 0 radical (unpaired) electrons. The molecule has 1 fully saturated rings. The first-order valence-electron chi connectivity index (χ1n) is 8.96. The lowest BCUT2D eigenvalue weighted by Crippen LogP contribution is -2.38. The number of fused-ring (bicyclic) bond motifs is 1. The van der Waals surface area contributed by atoms with E-state index in [0.717, 1.165) is 16.5 Å². The van der Waals surface area contributed by atoms with E-state index >= 15 is 0 Å². The molecule has 1 aliphatic heterocycles. The minimum Gasteiger partial charge on any atom is -0.469 e. The van der Waals surface area contributed by atoms with Gasteiger partial charge in [-0.05, 0) is 38.3 Å². The molecule has 0 N–H and O–H groups in total. The van der Waals surface area contributed by atoms with Crippen LogP contribution in [0.1, 0.15) is 35.7 Å². The average Bonchev–Trinajstić information content (AvgIpc) is 2.67. The predicted octanol–water partition coefficient (Wildman–Crippen LogP) is 3.11. The molecule has 3 rings (SSSR count). The van der Waals surface area contributed by atoms with Crippen molar-refractivity contribution in [3.8, 4) is 0 Å². The molecular weight excluding hydrogens is 332 g/mol. The fourth-order valence-corrected chi connectivity index (χ4v) is 3.53. The van der Waals surface area contributed by atoms with Gasteiger partial charge in [0, 0.05) is 18.5 Å². The second kappa shape index (κ2) is 7.72. The van der Waals surface area contributed by atoms with Crippen LogP contribution in [-0.4, -0.2) is 43.7 Å². The second-order valence-corrected chi connectivity index (χ2v) is 6.46. The lowest BCUT2D eigenvalue weighted by molar-refractivity contribution is -0.146. The Morgan fingerprint density at radius 2 is 1.92 bits per heavy atom. The van der Waals surface area contributed by atoms with Crippen LogP contribution in [0.3, 0.4) is 0 Å². The number of carbonyl (C=O) groups excluding carboxylic acids is 2. The lowest BCUT2D eigenvalue weighted by atomic mass is 9.96. The van der Waals surface area contributed by atoms with E-state index in [1.54, 1.807) is 6.92 Å². The molecule has 0 atom stereocenters. The summed E-state index contributed by atoms with van der Waals surface area (Å²) >= 11 is 0. The number of methoxy groups -OCH3 is 1. The number of benzene rings is 1. The van der Waals surface area contributed by atoms with Crippen LogP contribution in [0.4, 0.5) is 5.82 Å². The molecule has 0 bridgehead atoms. The SMILES string of the molecule is CCOC(=O)c1c(N2CCC(C(=O)OC)CC2)nc2ccccc2c1C. The number of pyridine rings is 1. The molecule has 0 aliphatic carbocycles. The Balaban J connectivity index is 2.00. The van der Waals surface area contributed by atoms with Gasteiger partial charge >= 0.3 is 11.9 Å². The normalized spacial score (nSPS) is 15.1. The quantitative estimate of drug-likeness (QED) is 0.784. The number of piperidine rings is 1. The first-order chi connectivity index (χ1) is 12.6. The van der Waals surface area contributed by atoms with E-state index in [1.807, 2.05) is 31.2 Å². The largest absolute Gasteiger partial charge is 0.469 e. The number of hydrogen-bond donors (Lipinski definition) is 0. The monoisotopic (exact) mass is 356 g/mol. The molecule has 0 saturated carbocycles. The topological polar surface area (TPSA) is 68.7 Å². The van der Waals surface area contributed by atoms with Crippen molar-refractivity contribution in [3.63, 3.8) is 0 Å². The Morgan fingerprint density at radius 1 is 1.23 bits per heavy atom. The van der Waals surface area contributed by atoms with Crippen molar-refractivity contribution < 1.29 is 19.1 Å². The van der Waals surface area contributed by atoms with Crippen LogP contribution in [0.25, 0.3) is 10.9 Å². The van der Waals surface area contributed by atoms with Gasteiger partial charge in [0.05, 0.1) is 25.2 Å². The number of carbonyl (C=O) groups is 2. The highest BCUT2D eigenvalue weighted by atomic mass is 16.5. The highest BCUT2D eigenvalue weighted by molar-refractivity contribution is 6.02. The summed E-state index contributed by atoms with van der Waals surface area (Å²) in [7, 11) is 1.42. The summed E-state index contributed by atoms with van der Waals surface area (Å²) in [5, 5.41) is 0.948. The molecule has 0 unspecified atom stereocenters. The summed E-state index contributed by atoms with van der Waals surface area (Å²) < 4.78 is 10.1. The number of anilines is 1. The Labute approximate surface area is 153 Å². The van der Waals surface area contributed by atoms with Crippen LogP contribution in [0, 0.1) is 12.8 Å². The van der Waals surface area contributed by atoms with Crippen molar-refractivity contribution >= 4 is 28.7 Å². The summed E-state index contributed by atoms with van der Waals surface area (Å²) in [5.74, 6) is 0.0260. The van der Waals surface area contributed by atoms with Gasteiger partial charge in [-0.1, -0.05) is 18.2 Å². The molecule has 6 heteroatoms. The van der Waals surface area contributed by atoms with E-state index in [0.29, 0.717) is 43.9 Å². The van der Waals surface area contributed by atoms with E-state index in [1.165, 1.54) is 7.11 Å². The van der Waals surface area contributed by atoms with Crippen molar-refractivity contribution in [3.05, 3.63) is 35.4 Å². The third-order valence-corrected chi connectivity index (χ3v) is 4.94. The second-order valence-electron chi connectivity index (χ2n) is 6.46. The van der Waals surface area contributed by atoms with E-state index in [4.69, 9.17) is 14.5 Å². The summed E-state index contributed by atoms with van der Waals surface area (Å²) in [6.07, 6.45) is 1.37. The summed E-state index contributed by atoms with van der Waals surface area (Å²) in [6.45, 7) is 5.34. The molecule has 1 aromatic carbocycles. The molecular formula is C20H24N2O4. The molecule has 0 amide bonds. The molecule has 26 heavy (non-hydrogen) atoms. The van der Waals surface area contributed by atoms with E-state index in [2.05, 4.69) is 4.90 Å². The van der Waals surface area contributed by atoms with E-state index < -0.39 is 0 Å². The number of para-hydroxylation sites is 1. The number of hydrogen-bond acceptors (Lipinski definition) is 6. The van der Waals surface area contributed by atoms with Crippen molar-refractivity contribution in [2.24, 2.45) is 5.92 Å². The zero-order valence-corrected chi connectivity index (χ0v) is 15.4. The maximum atomic E-state index is 12.6. The number of esters is 2. The first kappa shape index (κ1) is 18.2. The van der Waals surface area contributed by atoms with Gasteiger partial charge in [-0.25, -0.2) is 9.78 Å². The Morgan fingerprint density at radius 3 is 2.58 bits per heavy atom. The standard InChI is InChI=1S/C20H24N2O4/c1-4-26-20(24)17-13(2)15-7-5-6-8-16(15)21-18(17)22-11-9-14(10-12-22)19(23)25-3/h5-8,14H,4,9-12H2,1-3H3. The minimum absolute atomic E-state index is 0.0937. The summed E-state index contributed by atoms with van der Waals surface area (Å²) in [4.78, 5) is 31.2. The number of aromatic nitrogens is 1. The van der Waals surface area contributed by atoms with Gasteiger partial charge in [0.15, 0.2) is 0 Å². The number of ether oxygens (including phenoxy) is 2. The highest BCUT2D eigenvalue weighted by Crippen LogP contribution is 2.31. The fourth-order valence-electron chi connectivity index (χ4n) is 3.53. The average molecular weight is 356 g/mol. The van der Waals surface area contributed by atoms with Crippen LogP contribution in [0.5, 0.6) is 0 Å². The Bertz CT molecular complexity index is 826. The van der Waals surface area contributed by atoms with Crippen molar-refractivity contribution in [1.82, 2.24) is 4.98 Å². The van der Waals surface area contributed by atoms with Crippen LogP contribution in [0.2, 0.25) is 0 Å². The number of nitrogens with zero attached hydrogens (tertiary/aromatic N) is 2. The summed E-state index contributed by atoms with van der Waals surface area (Å²) in [5.41, 5.74) is 2.24. The molecule has 1 aromatic heterocycles. The van der Waals surface area contributed by atoms with Gasteiger partial charge in [-0.2, -0.15) is 0 Å². The van der Waals surface area contributed by atoms with Crippen LogP contribution in [-0.2, 0) is 14.3 Å². The molecule has 1 aliphatic rings. The number of aryl methyl sites for hydroxylation is 1. The zero-order chi connectivity index (χ0) is 18.7. The number of rotatable bonds is 4. The summed E-state index contributed by atoms with van der Waals surface area (Å²) in [6, 6.07) is 7.79. The third-order valence-electron chi connectivity index (χ3n) is 4.94. The zero-order valence-electron chi connectivity index (χ0n) is 15.4. The lowest BCUT2D eigenvalue weighted by Gasteiger charge is -2.33. The molecule has 138 valence electrons. The van der Waals surface area contributed by atoms with Gasteiger partial charge < -0.3 is 14.4 Å². The van der Waals surface area contributed by atoms with Crippen molar-refractivity contribution in [1.29, 1.82) is 0 Å². The first-order valence-corrected chi connectivity index (χ1v) is 8.96. The predicted molar refractivity (Wildman–Crippen MR) is 99.4 cm³/mol. The van der Waals surface area contributed by atoms with Gasteiger partial charge in [-0.3, -0.25) is 4.79 Å². The molecule has 2 heterocycles. The minimum atomic E-state index is -0.353. The van der Waals surface area contributed by atoms with Gasteiger partial charge in [-0.15, -0.1) is 0 Å². The van der Waals surface area contributed by atoms with Crippen LogP contribution >= 0.6 is 0 Å². The molecule has 6 nitrogen and oxygen atoms in total. The maximum absolute atomic E-state index is 12.6.